The number of nitrogens with one attached hydrogen (secondary N) is 1. The van der Waals surface area contributed by atoms with E-state index in [9.17, 15) is 27.0 Å². The van der Waals surface area contributed by atoms with E-state index in [1.165, 1.54) is 24.3 Å². The van der Waals surface area contributed by atoms with Gasteiger partial charge in [0.2, 0.25) is 0 Å². The van der Waals surface area contributed by atoms with Crippen LogP contribution in [0.4, 0.5) is 27.8 Å². The lowest BCUT2D eigenvalue weighted by Gasteiger charge is -2.32. The second-order valence-corrected chi connectivity index (χ2v) is 9.53. The van der Waals surface area contributed by atoms with Crippen molar-refractivity contribution >= 4 is 24.0 Å². The van der Waals surface area contributed by atoms with Gasteiger partial charge in [0, 0.05) is 31.5 Å². The number of anilines is 1. The zero-order valence-corrected chi connectivity index (χ0v) is 21.3. The molecule has 0 unspecified atom stereocenters. The van der Waals surface area contributed by atoms with E-state index in [0.29, 0.717) is 22.7 Å². The Morgan fingerprint density at radius 2 is 1.80 bits per heavy atom. The smallest absolute Gasteiger partial charge is 0.461 e. The number of nitrogens with zero attached hydrogens (tertiary/aromatic N) is 6. The highest BCUT2D eigenvalue weighted by molar-refractivity contribution is 6.52. The van der Waals surface area contributed by atoms with Gasteiger partial charge >= 0.3 is 19.1 Å². The van der Waals surface area contributed by atoms with Crippen molar-refractivity contribution in [3.63, 3.8) is 0 Å². The zero-order chi connectivity index (χ0) is 28.5. The third-order valence-electron chi connectivity index (χ3n) is 6.48. The molecule has 9 nitrogen and oxygen atoms in total. The fraction of sp³-hybridized carbons (Fsp3) is 0.360. The molecule has 210 valence electrons. The van der Waals surface area contributed by atoms with Crippen LogP contribution in [0.15, 0.2) is 55.1 Å². The summed E-state index contributed by atoms with van der Waals surface area (Å²) in [5.74, 6) is -5.63. The number of imidazole rings is 1. The van der Waals surface area contributed by atoms with E-state index in [2.05, 4.69) is 30.1 Å². The van der Waals surface area contributed by atoms with Crippen LogP contribution in [-0.2, 0) is 12.5 Å². The molecule has 5 rings (SSSR count). The van der Waals surface area contributed by atoms with Gasteiger partial charge < -0.3 is 15.0 Å². The summed E-state index contributed by atoms with van der Waals surface area (Å²) >= 11 is 0. The van der Waals surface area contributed by atoms with Crippen molar-refractivity contribution in [2.75, 3.05) is 18.3 Å². The third kappa shape index (κ3) is 5.84. The average molecular weight is 561 g/mol. The molecule has 15 heteroatoms. The average Bonchev–Trinajstić information content (AvgIpc) is 3.30. The van der Waals surface area contributed by atoms with Gasteiger partial charge in [0.1, 0.15) is 29.5 Å². The van der Waals surface area contributed by atoms with Crippen LogP contribution >= 0.6 is 0 Å². The fourth-order valence-electron chi connectivity index (χ4n) is 4.59. The largest absolute Gasteiger partial charge is 0.490 e. The number of ether oxygens (including phenoxy) is 1. The number of rotatable bonds is 8. The Kier molecular flexibility index (Phi) is 7.60. The van der Waals surface area contributed by atoms with E-state index in [1.54, 1.807) is 13.0 Å². The molecule has 1 saturated heterocycles. The minimum Gasteiger partial charge on any atom is -0.490 e. The Hall–Kier alpha value is -3.85. The van der Waals surface area contributed by atoms with Gasteiger partial charge in [-0.15, -0.1) is 0 Å². The molecule has 1 aliphatic heterocycles. The van der Waals surface area contributed by atoms with E-state index in [0.717, 1.165) is 44.0 Å². The molecule has 4 aromatic rings. The highest BCUT2D eigenvalue weighted by atomic mass is 19.4. The Bertz CT molecular complexity index is 1460. The molecule has 0 amide bonds. The lowest BCUT2D eigenvalue weighted by Crippen LogP contribution is -2.37. The van der Waals surface area contributed by atoms with Crippen LogP contribution in [0, 0.1) is 0 Å². The normalized spacial score (nSPS) is 15.4. The van der Waals surface area contributed by atoms with Crippen LogP contribution in [0.25, 0.3) is 16.9 Å². The number of fused-ring (bicyclic) bond motifs is 1. The number of benzene rings is 1. The Morgan fingerprint density at radius 3 is 2.48 bits per heavy atom. The number of halogens is 5. The zero-order valence-electron chi connectivity index (χ0n) is 21.3. The molecule has 1 fully saturated rings. The lowest BCUT2D eigenvalue weighted by atomic mass is 9.89. The summed E-state index contributed by atoms with van der Waals surface area (Å²) in [5.41, 5.74) is 0.735. The van der Waals surface area contributed by atoms with Crippen LogP contribution < -0.4 is 9.96 Å². The van der Waals surface area contributed by atoms with E-state index in [1.807, 2.05) is 12.1 Å². The predicted molar refractivity (Wildman–Crippen MR) is 137 cm³/mol. The quantitative estimate of drug-likeness (QED) is 0.241. The highest BCUT2D eigenvalue weighted by Gasteiger charge is 2.62. The Morgan fingerprint density at radius 1 is 1.07 bits per heavy atom. The minimum atomic E-state index is -5.84. The van der Waals surface area contributed by atoms with Crippen LogP contribution in [0.2, 0.25) is 6.82 Å². The maximum atomic E-state index is 14.4. The third-order valence-corrected chi connectivity index (χ3v) is 6.48. The number of likely N-dealkylation sites (tertiary alicyclic amines) is 1. The fourth-order valence-corrected chi connectivity index (χ4v) is 4.59. The van der Waals surface area contributed by atoms with Crippen molar-refractivity contribution in [3.05, 3.63) is 66.5 Å². The molecule has 3 aromatic heterocycles. The van der Waals surface area contributed by atoms with Gasteiger partial charge in [-0.05, 0) is 61.6 Å². The van der Waals surface area contributed by atoms with E-state index >= 15 is 0 Å². The Balaban J connectivity index is 1.25. The molecule has 0 saturated carbocycles. The van der Waals surface area contributed by atoms with Crippen molar-refractivity contribution in [3.8, 4) is 11.4 Å². The van der Waals surface area contributed by atoms with Crippen molar-refractivity contribution in [2.45, 2.75) is 44.4 Å². The van der Waals surface area contributed by atoms with Crippen molar-refractivity contribution < 1.29 is 31.7 Å². The molecule has 0 radical (unpaired) electrons. The first kappa shape index (κ1) is 27.7. The van der Waals surface area contributed by atoms with E-state index < -0.39 is 25.0 Å². The number of pyridine rings is 1. The summed E-state index contributed by atoms with van der Waals surface area (Å²) in [6, 6.07) is 9.65. The van der Waals surface area contributed by atoms with E-state index in [4.69, 9.17) is 4.74 Å². The topological polar surface area (TPSA) is 101 Å². The number of hydrogen-bond donors (Lipinski definition) is 2. The first-order valence-corrected chi connectivity index (χ1v) is 12.5. The second kappa shape index (κ2) is 11.0. The van der Waals surface area contributed by atoms with Gasteiger partial charge in [0.25, 0.3) is 0 Å². The van der Waals surface area contributed by atoms with Crippen LogP contribution in [-0.4, -0.2) is 66.8 Å². The molecule has 0 aliphatic carbocycles. The van der Waals surface area contributed by atoms with Crippen LogP contribution in [0.1, 0.15) is 24.2 Å². The predicted octanol–water partition coefficient (Wildman–Crippen LogP) is 4.43. The number of hydrogen-bond acceptors (Lipinski definition) is 8. The molecule has 0 bridgehead atoms. The van der Waals surface area contributed by atoms with Crippen molar-refractivity contribution in [1.29, 1.82) is 0 Å². The SMILES string of the molecule is CB(O)Nc1cc(CN2CCC(Oc3ccc(-n4c(C(F)(F)C(F)(F)F)nc5cncnc54)cc3)CC2)ccn1. The van der Waals surface area contributed by atoms with Crippen LogP contribution in [0.3, 0.4) is 0 Å². The molecule has 0 spiro atoms. The molecular weight excluding hydrogens is 536 g/mol. The lowest BCUT2D eigenvalue weighted by molar-refractivity contribution is -0.292. The van der Waals surface area contributed by atoms with Gasteiger partial charge in [-0.3, -0.25) is 9.47 Å². The maximum absolute atomic E-state index is 14.4. The van der Waals surface area contributed by atoms with Crippen molar-refractivity contribution in [2.24, 2.45) is 0 Å². The summed E-state index contributed by atoms with van der Waals surface area (Å²) in [4.78, 5) is 17.5. The maximum Gasteiger partial charge on any atom is 0.461 e. The molecule has 4 heterocycles. The number of alkyl halides is 5. The summed E-state index contributed by atoms with van der Waals surface area (Å²) in [6.07, 6.45) is -0.608. The van der Waals surface area contributed by atoms with E-state index in [-0.39, 0.29) is 23.0 Å². The molecule has 1 aromatic carbocycles. The highest BCUT2D eigenvalue weighted by Crippen LogP contribution is 2.44. The number of aromatic nitrogens is 5. The second-order valence-electron chi connectivity index (χ2n) is 9.53. The van der Waals surface area contributed by atoms with Gasteiger partial charge in [-0.25, -0.2) is 19.9 Å². The van der Waals surface area contributed by atoms with Gasteiger partial charge in [-0.2, -0.15) is 22.0 Å². The summed E-state index contributed by atoms with van der Waals surface area (Å²) in [5, 5.41) is 12.4. The van der Waals surface area contributed by atoms with Crippen LogP contribution in [0.5, 0.6) is 5.75 Å². The van der Waals surface area contributed by atoms with Gasteiger partial charge in [-0.1, -0.05) is 0 Å². The Labute approximate surface area is 226 Å². The molecule has 40 heavy (non-hydrogen) atoms. The molecule has 1 aliphatic rings. The first-order chi connectivity index (χ1) is 19.0. The number of piperidine rings is 1. The van der Waals surface area contributed by atoms with Crippen molar-refractivity contribution in [1.82, 2.24) is 29.4 Å². The summed E-state index contributed by atoms with van der Waals surface area (Å²) in [7, 11) is -0.708. The molecular formula is C25H25BF5N7O2. The molecule has 0 atom stereocenters. The monoisotopic (exact) mass is 561 g/mol. The standard InChI is InChI=1S/C25H25BF5N7O2/c1-26(39)36-21-12-16(6-9-33-21)14-37-10-7-19(8-11-37)40-18-4-2-17(3-5-18)38-22-20(13-32-15-34-22)35-23(38)24(27,28)25(29,30)31/h2-6,9,12-13,15,19,39H,7-8,10-11,14H2,1H3,(H,33,36). The summed E-state index contributed by atoms with van der Waals surface area (Å²) in [6.45, 7) is 3.89. The van der Waals surface area contributed by atoms with Gasteiger partial charge in [0.05, 0.1) is 6.20 Å². The summed E-state index contributed by atoms with van der Waals surface area (Å²) < 4.78 is 75.1. The van der Waals surface area contributed by atoms with Gasteiger partial charge in [0.15, 0.2) is 11.5 Å². The molecule has 2 N–H and O–H groups in total. The minimum absolute atomic E-state index is 0.0316. The first-order valence-electron chi connectivity index (χ1n) is 12.5.